The number of carbonyl (C=O) groups excluding carboxylic acids is 1. The van der Waals surface area contributed by atoms with Crippen molar-refractivity contribution in [1.82, 2.24) is 0 Å². The van der Waals surface area contributed by atoms with E-state index in [2.05, 4.69) is 5.73 Å². The van der Waals surface area contributed by atoms with Crippen LogP contribution < -0.4 is 0 Å². The van der Waals surface area contributed by atoms with Crippen LogP contribution >= 0.6 is 0 Å². The summed E-state index contributed by atoms with van der Waals surface area (Å²) in [5.74, 6) is 1.64. The Bertz CT molecular complexity index is 339. The number of hydrogen-bond donors (Lipinski definition) is 0. The fraction of sp³-hybridized carbons (Fsp3) is 0. The van der Waals surface area contributed by atoms with E-state index in [0.717, 1.165) is 16.7 Å². The van der Waals surface area contributed by atoms with Gasteiger partial charge >= 0.3 is 0 Å². The standard InChI is InChI=1S/C9H4O/c10-6-5-9-7-3-1-2-4-8(7)9/h1-4H. The number of rotatable bonds is 0. The van der Waals surface area contributed by atoms with Crippen LogP contribution in [0.3, 0.4) is 0 Å². The lowest BCUT2D eigenvalue weighted by Gasteiger charge is -1.67. The quantitative estimate of drug-likeness (QED) is 0.387. The highest BCUT2D eigenvalue weighted by molar-refractivity contribution is 6.01. The first-order valence-corrected chi connectivity index (χ1v) is 3.03. The molecule has 1 aliphatic carbocycles. The third-order valence-corrected chi connectivity index (χ3v) is 1.58. The van der Waals surface area contributed by atoms with Gasteiger partial charge in [0.2, 0.25) is 0 Å². The van der Waals surface area contributed by atoms with Crippen LogP contribution in [0.5, 0.6) is 0 Å². The van der Waals surface area contributed by atoms with Gasteiger partial charge in [-0.3, -0.25) is 0 Å². The van der Waals surface area contributed by atoms with E-state index >= 15 is 0 Å². The van der Waals surface area contributed by atoms with Crippen molar-refractivity contribution in [3.63, 3.8) is 0 Å². The van der Waals surface area contributed by atoms with Crippen LogP contribution in [0.25, 0.3) is 5.57 Å². The minimum absolute atomic E-state index is 0.917. The lowest BCUT2D eigenvalue weighted by molar-refractivity contribution is 0.569. The molecule has 1 nitrogen and oxygen atoms in total. The maximum atomic E-state index is 9.87. The molecule has 1 aromatic rings. The summed E-state index contributed by atoms with van der Waals surface area (Å²) in [6, 6.07) is 7.82. The van der Waals surface area contributed by atoms with E-state index < -0.39 is 0 Å². The van der Waals surface area contributed by atoms with Crippen molar-refractivity contribution in [3.8, 4) is 0 Å². The predicted octanol–water partition coefficient (Wildman–Crippen LogP) is 1.42. The molecule has 0 aromatic heterocycles. The summed E-state index contributed by atoms with van der Waals surface area (Å²) in [4.78, 5) is 9.87. The summed E-state index contributed by atoms with van der Waals surface area (Å²) in [7, 11) is 0. The highest BCUT2D eigenvalue weighted by Crippen LogP contribution is 2.40. The third-order valence-electron chi connectivity index (χ3n) is 1.58. The maximum absolute atomic E-state index is 9.87. The van der Waals surface area contributed by atoms with Crippen LogP contribution in [0.2, 0.25) is 0 Å². The van der Waals surface area contributed by atoms with Crippen LogP contribution in [0.4, 0.5) is 0 Å². The van der Waals surface area contributed by atoms with Crippen molar-refractivity contribution in [2.45, 2.75) is 0 Å². The summed E-state index contributed by atoms with van der Waals surface area (Å²) >= 11 is 0. The van der Waals surface area contributed by atoms with Gasteiger partial charge in [-0.2, -0.15) is 0 Å². The molecule has 0 radical (unpaired) electrons. The largest absolute Gasteiger partial charge is 0.224 e. The van der Waals surface area contributed by atoms with Gasteiger partial charge in [0.25, 0.3) is 0 Å². The molecule has 0 unspecified atom stereocenters. The fourth-order valence-electron chi connectivity index (χ4n) is 1.05. The van der Waals surface area contributed by atoms with Crippen LogP contribution in [0.15, 0.2) is 30.0 Å². The lowest BCUT2D eigenvalue weighted by atomic mass is 10.4. The van der Waals surface area contributed by atoms with Gasteiger partial charge in [0.15, 0.2) is 5.94 Å². The highest BCUT2D eigenvalue weighted by Gasteiger charge is 2.22. The molecule has 46 valence electrons. The second kappa shape index (κ2) is 1.71. The van der Waals surface area contributed by atoms with Gasteiger partial charge in [0.1, 0.15) is 0 Å². The summed E-state index contributed by atoms with van der Waals surface area (Å²) in [5.41, 5.74) is 5.67. The Hall–Kier alpha value is -1.55. The molecule has 0 aliphatic heterocycles. The summed E-state index contributed by atoms with van der Waals surface area (Å²) in [6.45, 7) is 0. The zero-order valence-corrected chi connectivity index (χ0v) is 5.22. The average molecular weight is 128 g/mol. The van der Waals surface area contributed by atoms with E-state index in [9.17, 15) is 4.79 Å². The molecule has 0 saturated heterocycles. The Labute approximate surface area is 58.3 Å². The van der Waals surface area contributed by atoms with E-state index in [0.29, 0.717) is 0 Å². The number of fused-ring (bicyclic) bond motifs is 1. The molecule has 0 saturated carbocycles. The first kappa shape index (κ1) is 5.25. The second-order valence-corrected chi connectivity index (χ2v) is 2.15. The molecule has 0 N–H and O–H groups in total. The maximum Gasteiger partial charge on any atom is 0.177 e. The fourth-order valence-corrected chi connectivity index (χ4v) is 1.05. The second-order valence-electron chi connectivity index (χ2n) is 2.15. The normalized spacial score (nSPS) is 11.4. The van der Waals surface area contributed by atoms with Gasteiger partial charge in [-0.1, -0.05) is 24.3 Å². The monoisotopic (exact) mass is 128 g/mol. The molecule has 0 amide bonds. The molecule has 0 fully saturated rings. The third kappa shape index (κ3) is 0.563. The van der Waals surface area contributed by atoms with Gasteiger partial charge in [-0.25, -0.2) is 4.79 Å². The number of benzene rings is 1. The van der Waals surface area contributed by atoms with Gasteiger partial charge in [-0.05, 0) is 16.9 Å². The lowest BCUT2D eigenvalue weighted by Crippen LogP contribution is -1.48. The first-order chi connectivity index (χ1) is 4.93. The molecule has 1 aromatic carbocycles. The van der Waals surface area contributed by atoms with Gasteiger partial charge in [-0.15, -0.1) is 0 Å². The number of hydrogen-bond acceptors (Lipinski definition) is 1. The Kier molecular flexibility index (Phi) is 0.900. The molecule has 1 aliphatic rings. The van der Waals surface area contributed by atoms with Crippen molar-refractivity contribution in [2.75, 3.05) is 0 Å². The van der Waals surface area contributed by atoms with Gasteiger partial charge in [0.05, 0.1) is 0 Å². The van der Waals surface area contributed by atoms with Gasteiger partial charge in [0, 0.05) is 5.57 Å². The SMILES string of the molecule is O=C=C=C1c2ccccc21. The van der Waals surface area contributed by atoms with Crippen LogP contribution in [0.1, 0.15) is 11.1 Å². The summed E-state index contributed by atoms with van der Waals surface area (Å²) < 4.78 is 0. The predicted molar refractivity (Wildman–Crippen MR) is 38.2 cm³/mol. The van der Waals surface area contributed by atoms with Crippen LogP contribution in [-0.2, 0) is 4.79 Å². The van der Waals surface area contributed by atoms with E-state index in [-0.39, 0.29) is 0 Å². The highest BCUT2D eigenvalue weighted by atomic mass is 16.1. The van der Waals surface area contributed by atoms with Crippen LogP contribution in [0, 0.1) is 0 Å². The molecule has 0 heterocycles. The minimum atomic E-state index is 0.917. The zero-order valence-electron chi connectivity index (χ0n) is 5.22. The Balaban J connectivity index is 2.66. The molecular weight excluding hydrogens is 124 g/mol. The molecular formula is C9H4O. The van der Waals surface area contributed by atoms with E-state index in [4.69, 9.17) is 0 Å². The Morgan fingerprint density at radius 1 is 1.10 bits per heavy atom. The van der Waals surface area contributed by atoms with E-state index in [1.165, 1.54) is 0 Å². The Morgan fingerprint density at radius 2 is 1.70 bits per heavy atom. The molecule has 0 bridgehead atoms. The smallest absolute Gasteiger partial charge is 0.177 e. The summed E-state index contributed by atoms with van der Waals surface area (Å²) in [5, 5.41) is 0. The molecule has 0 spiro atoms. The molecule has 1 heteroatoms. The van der Waals surface area contributed by atoms with E-state index in [1.807, 2.05) is 24.3 Å². The first-order valence-electron chi connectivity index (χ1n) is 3.03. The van der Waals surface area contributed by atoms with Crippen molar-refractivity contribution in [3.05, 3.63) is 41.1 Å². The van der Waals surface area contributed by atoms with E-state index in [1.54, 1.807) is 5.94 Å². The zero-order chi connectivity index (χ0) is 6.97. The average Bonchev–Trinajstić information content (AvgIpc) is 2.66. The van der Waals surface area contributed by atoms with Crippen molar-refractivity contribution >= 4 is 11.5 Å². The van der Waals surface area contributed by atoms with Crippen molar-refractivity contribution < 1.29 is 4.79 Å². The topological polar surface area (TPSA) is 17.1 Å². The Morgan fingerprint density at radius 3 is 2.20 bits per heavy atom. The van der Waals surface area contributed by atoms with Crippen LogP contribution in [-0.4, -0.2) is 5.94 Å². The molecule has 10 heavy (non-hydrogen) atoms. The molecule has 0 atom stereocenters. The summed E-state index contributed by atoms with van der Waals surface area (Å²) in [6.07, 6.45) is 0. The minimum Gasteiger partial charge on any atom is -0.224 e. The molecule has 2 rings (SSSR count). The van der Waals surface area contributed by atoms with Crippen molar-refractivity contribution in [2.24, 2.45) is 0 Å². The van der Waals surface area contributed by atoms with Crippen molar-refractivity contribution in [1.29, 1.82) is 0 Å². The van der Waals surface area contributed by atoms with Gasteiger partial charge < -0.3 is 0 Å².